The molecule has 0 bridgehead atoms. The zero-order valence-electron chi connectivity index (χ0n) is 12.3. The van der Waals surface area contributed by atoms with E-state index in [1.807, 2.05) is 35.2 Å². The van der Waals surface area contributed by atoms with E-state index >= 15 is 0 Å². The molecule has 1 atom stereocenters. The number of carbonyl (C=O) groups excluding carboxylic acids is 1. The SMILES string of the molecule is CC1(C)CCCN(C(=O)C(N)Cc2ccccc2)C1.Cl. The molecule has 1 heterocycles. The third-order valence-electron chi connectivity index (χ3n) is 3.83. The van der Waals surface area contributed by atoms with Crippen LogP contribution in [0.1, 0.15) is 32.3 Å². The lowest BCUT2D eigenvalue weighted by molar-refractivity contribution is -0.135. The Morgan fingerprint density at radius 3 is 2.60 bits per heavy atom. The summed E-state index contributed by atoms with van der Waals surface area (Å²) in [7, 11) is 0. The van der Waals surface area contributed by atoms with E-state index in [1.165, 1.54) is 6.42 Å². The van der Waals surface area contributed by atoms with Gasteiger partial charge in [-0.05, 0) is 30.2 Å². The van der Waals surface area contributed by atoms with Crippen molar-refractivity contribution in [2.24, 2.45) is 11.1 Å². The van der Waals surface area contributed by atoms with Gasteiger partial charge >= 0.3 is 0 Å². The third kappa shape index (κ3) is 4.50. The van der Waals surface area contributed by atoms with E-state index in [9.17, 15) is 4.79 Å². The molecule has 1 unspecified atom stereocenters. The number of amides is 1. The summed E-state index contributed by atoms with van der Waals surface area (Å²) < 4.78 is 0. The van der Waals surface area contributed by atoms with Crippen molar-refractivity contribution in [3.05, 3.63) is 35.9 Å². The highest BCUT2D eigenvalue weighted by Gasteiger charge is 2.31. The van der Waals surface area contributed by atoms with Crippen molar-refractivity contribution in [2.45, 2.75) is 39.2 Å². The van der Waals surface area contributed by atoms with Crippen LogP contribution in [0.4, 0.5) is 0 Å². The Bertz CT molecular complexity index is 433. The first-order valence-corrected chi connectivity index (χ1v) is 7.06. The molecule has 112 valence electrons. The minimum absolute atomic E-state index is 0. The number of hydrogen-bond acceptors (Lipinski definition) is 2. The molecular formula is C16H25ClN2O. The van der Waals surface area contributed by atoms with Gasteiger partial charge in [0.15, 0.2) is 0 Å². The second-order valence-corrected chi connectivity index (χ2v) is 6.32. The maximum atomic E-state index is 12.4. The van der Waals surface area contributed by atoms with Crippen LogP contribution in [0.15, 0.2) is 30.3 Å². The molecule has 3 nitrogen and oxygen atoms in total. The van der Waals surface area contributed by atoms with Crippen LogP contribution >= 0.6 is 12.4 Å². The van der Waals surface area contributed by atoms with Crippen molar-refractivity contribution in [1.29, 1.82) is 0 Å². The van der Waals surface area contributed by atoms with Gasteiger partial charge in [-0.25, -0.2) is 0 Å². The fourth-order valence-corrected chi connectivity index (χ4v) is 2.80. The lowest BCUT2D eigenvalue weighted by Crippen LogP contribution is -2.50. The fourth-order valence-electron chi connectivity index (χ4n) is 2.80. The predicted molar refractivity (Wildman–Crippen MR) is 85.0 cm³/mol. The molecule has 20 heavy (non-hydrogen) atoms. The van der Waals surface area contributed by atoms with Gasteiger partial charge in [-0.3, -0.25) is 4.79 Å². The van der Waals surface area contributed by atoms with Gasteiger partial charge in [0, 0.05) is 13.1 Å². The monoisotopic (exact) mass is 296 g/mol. The number of carbonyl (C=O) groups is 1. The van der Waals surface area contributed by atoms with Gasteiger partial charge in [-0.15, -0.1) is 12.4 Å². The van der Waals surface area contributed by atoms with E-state index in [2.05, 4.69) is 13.8 Å². The van der Waals surface area contributed by atoms with Gasteiger partial charge in [0.25, 0.3) is 0 Å². The number of likely N-dealkylation sites (tertiary alicyclic amines) is 1. The maximum absolute atomic E-state index is 12.4. The average molecular weight is 297 g/mol. The number of benzene rings is 1. The minimum Gasteiger partial charge on any atom is -0.341 e. The molecular weight excluding hydrogens is 272 g/mol. The van der Waals surface area contributed by atoms with Gasteiger partial charge in [-0.1, -0.05) is 44.2 Å². The summed E-state index contributed by atoms with van der Waals surface area (Å²) >= 11 is 0. The molecule has 1 aromatic rings. The Balaban J connectivity index is 0.00000200. The topological polar surface area (TPSA) is 46.3 Å². The van der Waals surface area contributed by atoms with E-state index in [-0.39, 0.29) is 23.7 Å². The minimum atomic E-state index is -0.420. The number of rotatable bonds is 3. The van der Waals surface area contributed by atoms with Crippen molar-refractivity contribution in [3.8, 4) is 0 Å². The molecule has 0 radical (unpaired) electrons. The Morgan fingerprint density at radius 2 is 2.00 bits per heavy atom. The van der Waals surface area contributed by atoms with E-state index in [0.717, 1.165) is 25.1 Å². The average Bonchev–Trinajstić information content (AvgIpc) is 2.38. The van der Waals surface area contributed by atoms with Crippen molar-refractivity contribution < 1.29 is 4.79 Å². The van der Waals surface area contributed by atoms with E-state index in [4.69, 9.17) is 5.73 Å². The molecule has 0 aromatic heterocycles. The summed E-state index contributed by atoms with van der Waals surface area (Å²) in [6.07, 6.45) is 2.89. The van der Waals surface area contributed by atoms with Crippen LogP contribution in [-0.2, 0) is 11.2 Å². The summed E-state index contributed by atoms with van der Waals surface area (Å²) in [5.41, 5.74) is 7.42. The second kappa shape index (κ2) is 7.09. The van der Waals surface area contributed by atoms with Crippen LogP contribution in [0.2, 0.25) is 0 Å². The molecule has 0 aliphatic carbocycles. The lowest BCUT2D eigenvalue weighted by atomic mass is 9.84. The first-order chi connectivity index (χ1) is 8.98. The van der Waals surface area contributed by atoms with Gasteiger partial charge in [-0.2, -0.15) is 0 Å². The highest BCUT2D eigenvalue weighted by Crippen LogP contribution is 2.28. The zero-order chi connectivity index (χ0) is 13.9. The van der Waals surface area contributed by atoms with Crippen molar-refractivity contribution in [3.63, 3.8) is 0 Å². The molecule has 1 saturated heterocycles. The summed E-state index contributed by atoms with van der Waals surface area (Å²) in [5, 5.41) is 0. The quantitative estimate of drug-likeness (QED) is 0.932. The largest absolute Gasteiger partial charge is 0.341 e. The molecule has 1 amide bonds. The van der Waals surface area contributed by atoms with Crippen LogP contribution < -0.4 is 5.73 Å². The van der Waals surface area contributed by atoms with E-state index in [1.54, 1.807) is 0 Å². The number of halogens is 1. The Labute approximate surface area is 127 Å². The molecule has 4 heteroatoms. The number of piperidine rings is 1. The van der Waals surface area contributed by atoms with Gasteiger partial charge in [0.2, 0.25) is 5.91 Å². The number of nitrogens with zero attached hydrogens (tertiary/aromatic N) is 1. The molecule has 1 aromatic carbocycles. The molecule has 1 aliphatic rings. The van der Waals surface area contributed by atoms with Crippen LogP contribution in [0, 0.1) is 5.41 Å². The van der Waals surface area contributed by atoms with Crippen molar-refractivity contribution in [2.75, 3.05) is 13.1 Å². The van der Waals surface area contributed by atoms with Crippen LogP contribution in [0.5, 0.6) is 0 Å². The van der Waals surface area contributed by atoms with Crippen molar-refractivity contribution >= 4 is 18.3 Å². The highest BCUT2D eigenvalue weighted by atomic mass is 35.5. The molecule has 1 fully saturated rings. The Hall–Kier alpha value is -1.06. The summed E-state index contributed by atoms with van der Waals surface area (Å²) in [4.78, 5) is 14.3. The Kier molecular flexibility index (Phi) is 6.03. The normalized spacial score (nSPS) is 19.1. The lowest BCUT2D eigenvalue weighted by Gasteiger charge is -2.39. The first-order valence-electron chi connectivity index (χ1n) is 7.06. The van der Waals surface area contributed by atoms with Crippen LogP contribution in [-0.4, -0.2) is 29.9 Å². The summed E-state index contributed by atoms with van der Waals surface area (Å²) in [6.45, 7) is 6.11. The van der Waals surface area contributed by atoms with Crippen LogP contribution in [0.3, 0.4) is 0 Å². The maximum Gasteiger partial charge on any atom is 0.239 e. The third-order valence-corrected chi connectivity index (χ3v) is 3.83. The molecule has 0 saturated carbocycles. The summed E-state index contributed by atoms with van der Waals surface area (Å²) in [6, 6.07) is 9.56. The summed E-state index contributed by atoms with van der Waals surface area (Å²) in [5.74, 6) is 0.0941. The van der Waals surface area contributed by atoms with Gasteiger partial charge < -0.3 is 10.6 Å². The van der Waals surface area contributed by atoms with Crippen molar-refractivity contribution in [1.82, 2.24) is 4.90 Å². The molecule has 2 rings (SSSR count). The van der Waals surface area contributed by atoms with Gasteiger partial charge in [0.1, 0.15) is 0 Å². The predicted octanol–water partition coefficient (Wildman–Crippen LogP) is 2.63. The standard InChI is InChI=1S/C16H24N2O.ClH/c1-16(2)9-6-10-18(12-16)15(19)14(17)11-13-7-4-3-5-8-13;/h3-5,7-8,14H,6,9-12,17H2,1-2H3;1H. The molecule has 1 aliphatic heterocycles. The smallest absolute Gasteiger partial charge is 0.239 e. The highest BCUT2D eigenvalue weighted by molar-refractivity contribution is 5.85. The number of hydrogen-bond donors (Lipinski definition) is 1. The van der Waals surface area contributed by atoms with E-state index < -0.39 is 6.04 Å². The molecule has 0 spiro atoms. The fraction of sp³-hybridized carbons (Fsp3) is 0.562. The molecule has 2 N–H and O–H groups in total. The Morgan fingerprint density at radius 1 is 1.35 bits per heavy atom. The zero-order valence-corrected chi connectivity index (χ0v) is 13.2. The van der Waals surface area contributed by atoms with E-state index in [0.29, 0.717) is 6.42 Å². The number of nitrogens with two attached hydrogens (primary N) is 1. The second-order valence-electron chi connectivity index (χ2n) is 6.32. The van der Waals surface area contributed by atoms with Gasteiger partial charge in [0.05, 0.1) is 6.04 Å². The van der Waals surface area contributed by atoms with Crippen LogP contribution in [0.25, 0.3) is 0 Å². The first kappa shape index (κ1) is 17.0.